The van der Waals surface area contributed by atoms with Crippen LogP contribution in [0.3, 0.4) is 0 Å². The van der Waals surface area contributed by atoms with E-state index in [-0.39, 0.29) is 5.75 Å². The second-order valence-corrected chi connectivity index (χ2v) is 4.82. The predicted octanol–water partition coefficient (Wildman–Crippen LogP) is 2.55. The average Bonchev–Trinajstić information content (AvgIpc) is 2.57. The number of methoxy groups -OCH3 is 1. The van der Waals surface area contributed by atoms with Gasteiger partial charge in [0.05, 0.1) is 7.11 Å². The van der Waals surface area contributed by atoms with Crippen LogP contribution in [0.15, 0.2) is 45.1 Å². The zero-order chi connectivity index (χ0) is 17.0. The van der Waals surface area contributed by atoms with Crippen LogP contribution in [0.1, 0.15) is 25.5 Å². The van der Waals surface area contributed by atoms with Crippen molar-refractivity contribution in [3.8, 4) is 5.75 Å². The molecular weight excluding hydrogens is 300 g/mol. The molecule has 1 heterocycles. The van der Waals surface area contributed by atoms with Gasteiger partial charge < -0.3 is 13.9 Å². The van der Waals surface area contributed by atoms with Gasteiger partial charge in [0.2, 0.25) is 0 Å². The van der Waals surface area contributed by atoms with Crippen molar-refractivity contribution in [3.05, 3.63) is 51.9 Å². The fourth-order valence-electron chi connectivity index (χ4n) is 2.00. The molecule has 6 nitrogen and oxygen atoms in total. The first-order chi connectivity index (χ1) is 11.0. The topological polar surface area (TPSA) is 82.8 Å². The first-order valence-electron chi connectivity index (χ1n) is 6.91. The largest absolute Gasteiger partial charge is 0.496 e. The minimum atomic E-state index is -1.12. The molecule has 0 fully saturated rings. The number of aldehydes is 1. The molecule has 0 bridgehead atoms. The molecule has 0 aliphatic rings. The van der Waals surface area contributed by atoms with Gasteiger partial charge in [-0.05, 0) is 26.0 Å². The molecule has 0 unspecified atom stereocenters. The van der Waals surface area contributed by atoms with Crippen molar-refractivity contribution in [1.82, 2.24) is 0 Å². The second-order valence-electron chi connectivity index (χ2n) is 4.82. The van der Waals surface area contributed by atoms with Crippen LogP contribution in [-0.2, 0) is 14.3 Å². The van der Waals surface area contributed by atoms with Gasteiger partial charge in [-0.2, -0.15) is 0 Å². The lowest BCUT2D eigenvalue weighted by Crippen LogP contribution is -2.14. The Labute approximate surface area is 132 Å². The van der Waals surface area contributed by atoms with Gasteiger partial charge in [-0.1, -0.05) is 6.08 Å². The van der Waals surface area contributed by atoms with Crippen LogP contribution >= 0.6 is 0 Å². The summed E-state index contributed by atoms with van der Waals surface area (Å²) in [6, 6.07) is 5.91. The quantitative estimate of drug-likeness (QED) is 0.365. The third kappa shape index (κ3) is 3.48. The Morgan fingerprint density at radius 1 is 1.30 bits per heavy atom. The van der Waals surface area contributed by atoms with E-state index < -0.39 is 17.7 Å². The molecule has 1 aromatic carbocycles. The van der Waals surface area contributed by atoms with Crippen LogP contribution in [0.2, 0.25) is 0 Å². The zero-order valence-corrected chi connectivity index (χ0v) is 13.0. The van der Waals surface area contributed by atoms with E-state index in [4.69, 9.17) is 13.9 Å². The standard InChI is InChI=1S/C17H16O6/c1-4-10(2)17(20)23-15(9-18)12-7-11-5-6-16(19)22-13(11)8-14(12)21-3/h4-9,15H,1-3H3/b10-4+/t15-/m0/s1. The van der Waals surface area contributed by atoms with E-state index >= 15 is 0 Å². The number of fused-ring (bicyclic) bond motifs is 1. The first kappa shape index (κ1) is 16.5. The lowest BCUT2D eigenvalue weighted by molar-refractivity contribution is -0.148. The lowest BCUT2D eigenvalue weighted by Gasteiger charge is -2.16. The van der Waals surface area contributed by atoms with Crippen molar-refractivity contribution < 1.29 is 23.5 Å². The molecule has 0 saturated heterocycles. The first-order valence-corrected chi connectivity index (χ1v) is 6.91. The van der Waals surface area contributed by atoms with Crippen LogP contribution in [-0.4, -0.2) is 19.4 Å². The van der Waals surface area contributed by atoms with Crippen LogP contribution in [0.5, 0.6) is 5.75 Å². The molecule has 0 spiro atoms. The molecule has 0 amide bonds. The maximum absolute atomic E-state index is 11.9. The number of esters is 1. The summed E-state index contributed by atoms with van der Waals surface area (Å²) in [7, 11) is 1.41. The SMILES string of the molecule is C/C=C(\C)C(=O)O[C@@H](C=O)c1cc2ccc(=O)oc2cc1OC. The molecule has 0 radical (unpaired) electrons. The smallest absolute Gasteiger partial charge is 0.336 e. The predicted molar refractivity (Wildman–Crippen MR) is 83.4 cm³/mol. The highest BCUT2D eigenvalue weighted by Crippen LogP contribution is 2.31. The molecule has 23 heavy (non-hydrogen) atoms. The molecule has 6 heteroatoms. The van der Waals surface area contributed by atoms with Crippen molar-refractivity contribution in [3.63, 3.8) is 0 Å². The summed E-state index contributed by atoms with van der Waals surface area (Å²) in [6.07, 6.45) is 0.990. The number of allylic oxidation sites excluding steroid dienone is 1. The normalized spacial score (nSPS) is 12.7. The number of hydrogen-bond acceptors (Lipinski definition) is 6. The van der Waals surface area contributed by atoms with Gasteiger partial charge in [0.1, 0.15) is 11.3 Å². The molecule has 0 N–H and O–H groups in total. The van der Waals surface area contributed by atoms with E-state index in [9.17, 15) is 14.4 Å². The van der Waals surface area contributed by atoms with Crippen molar-refractivity contribution in [2.24, 2.45) is 0 Å². The minimum Gasteiger partial charge on any atom is -0.496 e. The summed E-state index contributed by atoms with van der Waals surface area (Å²) in [6.45, 7) is 3.29. The molecule has 0 saturated carbocycles. The Morgan fingerprint density at radius 2 is 2.04 bits per heavy atom. The number of carbonyl (C=O) groups excluding carboxylic acids is 2. The van der Waals surface area contributed by atoms with Crippen molar-refractivity contribution in [2.75, 3.05) is 7.11 Å². The van der Waals surface area contributed by atoms with Crippen LogP contribution in [0.25, 0.3) is 11.0 Å². The number of rotatable bonds is 5. The third-order valence-electron chi connectivity index (χ3n) is 3.39. The molecule has 2 rings (SSSR count). The summed E-state index contributed by atoms with van der Waals surface area (Å²) >= 11 is 0. The van der Waals surface area contributed by atoms with E-state index in [0.29, 0.717) is 28.4 Å². The van der Waals surface area contributed by atoms with Gasteiger partial charge in [-0.25, -0.2) is 9.59 Å². The van der Waals surface area contributed by atoms with Crippen LogP contribution in [0.4, 0.5) is 0 Å². The maximum Gasteiger partial charge on any atom is 0.336 e. The molecule has 2 aromatic rings. The molecular formula is C17H16O6. The van der Waals surface area contributed by atoms with E-state index in [2.05, 4.69) is 0 Å². The fraction of sp³-hybridized carbons (Fsp3) is 0.235. The Balaban J connectivity index is 2.50. The highest BCUT2D eigenvalue weighted by atomic mass is 16.5. The van der Waals surface area contributed by atoms with Crippen molar-refractivity contribution >= 4 is 23.2 Å². The Bertz CT molecular complexity index is 831. The number of carbonyl (C=O) groups is 2. The van der Waals surface area contributed by atoms with Crippen molar-refractivity contribution in [1.29, 1.82) is 0 Å². The van der Waals surface area contributed by atoms with E-state index in [1.165, 1.54) is 19.2 Å². The maximum atomic E-state index is 11.9. The highest BCUT2D eigenvalue weighted by Gasteiger charge is 2.22. The highest BCUT2D eigenvalue weighted by molar-refractivity contribution is 5.89. The molecule has 120 valence electrons. The molecule has 0 aliphatic heterocycles. The van der Waals surface area contributed by atoms with E-state index in [1.807, 2.05) is 0 Å². The van der Waals surface area contributed by atoms with Gasteiger partial charge in [0.15, 0.2) is 12.4 Å². The number of hydrogen-bond donors (Lipinski definition) is 0. The van der Waals surface area contributed by atoms with E-state index in [1.54, 1.807) is 32.1 Å². The summed E-state index contributed by atoms with van der Waals surface area (Å²) in [5.74, 6) is -0.304. The molecule has 1 atom stereocenters. The number of ether oxygens (including phenoxy) is 2. The summed E-state index contributed by atoms with van der Waals surface area (Å²) in [4.78, 5) is 34.5. The number of benzene rings is 1. The summed E-state index contributed by atoms with van der Waals surface area (Å²) in [5, 5.41) is 0.589. The van der Waals surface area contributed by atoms with Crippen LogP contribution in [0, 0.1) is 0 Å². The van der Waals surface area contributed by atoms with E-state index in [0.717, 1.165) is 0 Å². The fourth-order valence-corrected chi connectivity index (χ4v) is 2.00. The van der Waals surface area contributed by atoms with Gasteiger partial charge in [0, 0.05) is 28.7 Å². The Morgan fingerprint density at radius 3 is 2.65 bits per heavy atom. The van der Waals surface area contributed by atoms with Crippen molar-refractivity contribution in [2.45, 2.75) is 20.0 Å². The summed E-state index contributed by atoms with van der Waals surface area (Å²) in [5.41, 5.74) is 0.594. The Kier molecular flexibility index (Phi) is 4.95. The van der Waals surface area contributed by atoms with Gasteiger partial charge in [-0.15, -0.1) is 0 Å². The van der Waals surface area contributed by atoms with Gasteiger partial charge in [0.25, 0.3) is 0 Å². The summed E-state index contributed by atoms with van der Waals surface area (Å²) < 4.78 is 15.5. The average molecular weight is 316 g/mol. The lowest BCUT2D eigenvalue weighted by atomic mass is 10.1. The molecule has 0 aliphatic carbocycles. The van der Waals surface area contributed by atoms with Gasteiger partial charge >= 0.3 is 11.6 Å². The molecule has 1 aromatic heterocycles. The Hall–Kier alpha value is -2.89. The second kappa shape index (κ2) is 6.91. The van der Waals surface area contributed by atoms with Gasteiger partial charge in [-0.3, -0.25) is 4.79 Å². The van der Waals surface area contributed by atoms with Crippen LogP contribution < -0.4 is 10.4 Å². The monoisotopic (exact) mass is 316 g/mol. The zero-order valence-electron chi connectivity index (χ0n) is 13.0. The third-order valence-corrected chi connectivity index (χ3v) is 3.39. The minimum absolute atomic E-state index is 0.287.